The fourth-order valence-electron chi connectivity index (χ4n) is 3.48. The lowest BCUT2D eigenvalue weighted by Gasteiger charge is -2.31. The molecule has 4 nitrogen and oxygen atoms in total. The molecule has 1 heterocycles. The van der Waals surface area contributed by atoms with Crippen LogP contribution in [0.15, 0.2) is 48.5 Å². The van der Waals surface area contributed by atoms with Crippen molar-refractivity contribution in [3.05, 3.63) is 64.7 Å². The van der Waals surface area contributed by atoms with Gasteiger partial charge in [-0.05, 0) is 67.9 Å². The number of nitrogens with one attached hydrogen (secondary N) is 1. The Morgan fingerprint density at radius 3 is 2.41 bits per heavy atom. The molecule has 0 aromatic heterocycles. The number of hydrogen-bond acceptors (Lipinski definition) is 4. The molecule has 0 spiro atoms. The molecule has 144 valence electrons. The van der Waals surface area contributed by atoms with Gasteiger partial charge in [-0.1, -0.05) is 23.7 Å². The van der Waals surface area contributed by atoms with Crippen LogP contribution in [0, 0.1) is 5.92 Å². The Bertz CT molecular complexity index is 723. The van der Waals surface area contributed by atoms with E-state index in [1.165, 1.54) is 5.56 Å². The molecule has 5 heteroatoms. The molecule has 1 N–H and O–H groups in total. The molecule has 1 saturated heterocycles. The van der Waals surface area contributed by atoms with Gasteiger partial charge in [0.15, 0.2) is 5.78 Å². The van der Waals surface area contributed by atoms with Crippen LogP contribution < -0.4 is 10.1 Å². The van der Waals surface area contributed by atoms with Gasteiger partial charge in [0, 0.05) is 36.1 Å². The first-order chi connectivity index (χ1) is 13.2. The van der Waals surface area contributed by atoms with E-state index in [2.05, 4.69) is 10.2 Å². The molecule has 0 radical (unpaired) electrons. The van der Waals surface area contributed by atoms with E-state index < -0.39 is 0 Å². The van der Waals surface area contributed by atoms with Gasteiger partial charge >= 0.3 is 0 Å². The van der Waals surface area contributed by atoms with Crippen LogP contribution in [0.4, 0.5) is 0 Å². The van der Waals surface area contributed by atoms with Crippen LogP contribution >= 0.6 is 11.6 Å². The summed E-state index contributed by atoms with van der Waals surface area (Å²) in [4.78, 5) is 15.1. The van der Waals surface area contributed by atoms with Gasteiger partial charge in [-0.2, -0.15) is 0 Å². The van der Waals surface area contributed by atoms with Gasteiger partial charge in [0.25, 0.3) is 0 Å². The van der Waals surface area contributed by atoms with Gasteiger partial charge in [0.1, 0.15) is 5.75 Å². The summed E-state index contributed by atoms with van der Waals surface area (Å²) in [6.45, 7) is 4.77. The topological polar surface area (TPSA) is 41.6 Å². The molecular weight excluding hydrogens is 360 g/mol. The van der Waals surface area contributed by atoms with Crippen molar-refractivity contribution in [3.63, 3.8) is 0 Å². The first-order valence-electron chi connectivity index (χ1n) is 9.51. The van der Waals surface area contributed by atoms with Crippen molar-refractivity contribution in [1.82, 2.24) is 10.2 Å². The Hall–Kier alpha value is -1.88. The van der Waals surface area contributed by atoms with Gasteiger partial charge in [-0.3, -0.25) is 4.79 Å². The minimum Gasteiger partial charge on any atom is -0.497 e. The molecule has 3 rings (SSSR count). The summed E-state index contributed by atoms with van der Waals surface area (Å²) in [5.41, 5.74) is 2.03. The first kappa shape index (κ1) is 19.9. The molecule has 1 aliphatic heterocycles. The summed E-state index contributed by atoms with van der Waals surface area (Å²) >= 11 is 5.90. The first-order valence-corrected chi connectivity index (χ1v) is 9.89. The van der Waals surface area contributed by atoms with Gasteiger partial charge in [0.2, 0.25) is 0 Å². The van der Waals surface area contributed by atoms with Crippen molar-refractivity contribution in [3.8, 4) is 5.75 Å². The minimum atomic E-state index is 0.136. The number of carbonyl (C=O) groups excluding carboxylic acids is 1. The molecule has 0 unspecified atom stereocenters. The summed E-state index contributed by atoms with van der Waals surface area (Å²) in [6.07, 6.45) is 1.87. The molecule has 27 heavy (non-hydrogen) atoms. The van der Waals surface area contributed by atoms with Crippen LogP contribution in [0.1, 0.15) is 28.8 Å². The van der Waals surface area contributed by atoms with Crippen molar-refractivity contribution in [1.29, 1.82) is 0 Å². The van der Waals surface area contributed by atoms with E-state index >= 15 is 0 Å². The number of nitrogens with zero attached hydrogens (tertiary/aromatic N) is 1. The Morgan fingerprint density at radius 2 is 1.78 bits per heavy atom. The number of piperidine rings is 1. The maximum Gasteiger partial charge on any atom is 0.166 e. The third-order valence-electron chi connectivity index (χ3n) is 5.18. The number of ether oxygens (including phenoxy) is 1. The average molecular weight is 387 g/mol. The second-order valence-corrected chi connectivity index (χ2v) is 7.45. The van der Waals surface area contributed by atoms with Crippen LogP contribution in [0.3, 0.4) is 0 Å². The van der Waals surface area contributed by atoms with E-state index in [1.807, 2.05) is 48.5 Å². The molecule has 0 saturated carbocycles. The highest BCUT2D eigenvalue weighted by Gasteiger charge is 2.25. The van der Waals surface area contributed by atoms with E-state index in [9.17, 15) is 4.79 Å². The summed E-state index contributed by atoms with van der Waals surface area (Å²) < 4.78 is 5.16. The molecule has 2 aromatic carbocycles. The van der Waals surface area contributed by atoms with E-state index in [0.717, 1.165) is 61.9 Å². The van der Waals surface area contributed by atoms with Crippen LogP contribution in [-0.2, 0) is 6.54 Å². The second-order valence-electron chi connectivity index (χ2n) is 7.01. The van der Waals surface area contributed by atoms with Crippen LogP contribution in [-0.4, -0.2) is 44.0 Å². The third kappa shape index (κ3) is 5.80. The van der Waals surface area contributed by atoms with Crippen molar-refractivity contribution >= 4 is 17.4 Å². The highest BCUT2D eigenvalue weighted by Crippen LogP contribution is 2.23. The fraction of sp³-hybridized carbons (Fsp3) is 0.409. The summed E-state index contributed by atoms with van der Waals surface area (Å²) in [5.74, 6) is 1.18. The van der Waals surface area contributed by atoms with Gasteiger partial charge in [0.05, 0.1) is 7.11 Å². The lowest BCUT2D eigenvalue weighted by molar-refractivity contribution is 0.0841. The smallest absolute Gasteiger partial charge is 0.166 e. The zero-order chi connectivity index (χ0) is 19.1. The van der Waals surface area contributed by atoms with E-state index in [1.54, 1.807) is 7.11 Å². The number of likely N-dealkylation sites (tertiary alicyclic amines) is 1. The number of methoxy groups -OCH3 is 1. The van der Waals surface area contributed by atoms with Crippen molar-refractivity contribution < 1.29 is 9.53 Å². The van der Waals surface area contributed by atoms with Crippen LogP contribution in [0.5, 0.6) is 5.75 Å². The maximum atomic E-state index is 12.7. The normalized spacial score (nSPS) is 15.6. The Labute approximate surface area is 166 Å². The molecule has 0 aliphatic carbocycles. The standard InChI is InChI=1S/C22H27ClN2O2/c1-27-21-8-4-18(5-9-21)22(26)19-10-13-25(14-11-19)15-12-24-16-17-2-6-20(23)7-3-17/h2-9,19,24H,10-16H2,1H3. The number of carbonyl (C=O) groups is 1. The molecule has 2 aromatic rings. The zero-order valence-corrected chi connectivity index (χ0v) is 16.5. The quantitative estimate of drug-likeness (QED) is 0.549. The highest BCUT2D eigenvalue weighted by atomic mass is 35.5. The van der Waals surface area contributed by atoms with Crippen LogP contribution in [0.2, 0.25) is 5.02 Å². The number of hydrogen-bond donors (Lipinski definition) is 1. The molecule has 0 bridgehead atoms. The Balaban J connectivity index is 1.36. The number of rotatable bonds is 8. The second kappa shape index (κ2) is 9.88. The van der Waals surface area contributed by atoms with E-state index in [4.69, 9.17) is 16.3 Å². The number of halogens is 1. The number of ketones is 1. The monoisotopic (exact) mass is 386 g/mol. The number of benzene rings is 2. The maximum absolute atomic E-state index is 12.7. The number of Topliss-reactive ketones (excluding diaryl/α,β-unsaturated/α-hetero) is 1. The Kier molecular flexibility index (Phi) is 7.27. The largest absolute Gasteiger partial charge is 0.497 e. The van der Waals surface area contributed by atoms with Gasteiger partial charge < -0.3 is 15.0 Å². The predicted octanol–water partition coefficient (Wildman–Crippen LogP) is 4.03. The molecule has 1 aliphatic rings. The molecule has 0 atom stereocenters. The van der Waals surface area contributed by atoms with Crippen molar-refractivity contribution in [2.45, 2.75) is 19.4 Å². The third-order valence-corrected chi connectivity index (χ3v) is 5.43. The lowest BCUT2D eigenvalue weighted by atomic mass is 9.89. The van der Waals surface area contributed by atoms with Gasteiger partial charge in [-0.25, -0.2) is 0 Å². The SMILES string of the molecule is COc1ccc(C(=O)C2CCN(CCNCc3ccc(Cl)cc3)CC2)cc1. The molecule has 1 fully saturated rings. The summed E-state index contributed by atoms with van der Waals surface area (Å²) in [6, 6.07) is 15.4. The highest BCUT2D eigenvalue weighted by molar-refractivity contribution is 6.30. The zero-order valence-electron chi connectivity index (χ0n) is 15.8. The lowest BCUT2D eigenvalue weighted by Crippen LogP contribution is -2.39. The summed E-state index contributed by atoms with van der Waals surface area (Å²) in [5, 5.41) is 4.24. The predicted molar refractivity (Wildman–Crippen MR) is 110 cm³/mol. The van der Waals surface area contributed by atoms with Crippen molar-refractivity contribution in [2.75, 3.05) is 33.3 Å². The Morgan fingerprint density at radius 1 is 1.11 bits per heavy atom. The van der Waals surface area contributed by atoms with E-state index in [-0.39, 0.29) is 11.7 Å². The van der Waals surface area contributed by atoms with E-state index in [0.29, 0.717) is 0 Å². The average Bonchev–Trinajstić information content (AvgIpc) is 2.72. The fourth-order valence-corrected chi connectivity index (χ4v) is 3.61. The summed E-state index contributed by atoms with van der Waals surface area (Å²) in [7, 11) is 1.64. The van der Waals surface area contributed by atoms with Gasteiger partial charge in [-0.15, -0.1) is 0 Å². The minimum absolute atomic E-state index is 0.136. The van der Waals surface area contributed by atoms with Crippen molar-refractivity contribution in [2.24, 2.45) is 5.92 Å². The molecular formula is C22H27ClN2O2. The molecule has 0 amide bonds. The van der Waals surface area contributed by atoms with Crippen LogP contribution in [0.25, 0.3) is 0 Å².